The molecule has 0 bridgehead atoms. The number of allylic oxidation sites excluding steroid dienone is 2. The molecule has 0 saturated carbocycles. The Kier molecular flexibility index (Phi) is 11.2. The first-order valence-electron chi connectivity index (χ1n) is 21.2. The molecule has 2 aromatic carbocycles. The van der Waals surface area contributed by atoms with Crippen LogP contribution in [0.2, 0.25) is 0 Å². The van der Waals surface area contributed by atoms with Crippen molar-refractivity contribution < 1.29 is 70.2 Å². The molecular weight excluding hydrogens is 843 g/mol. The Labute approximate surface area is 372 Å². The van der Waals surface area contributed by atoms with Gasteiger partial charge in [-0.3, -0.25) is 24.1 Å². The minimum Gasteiger partial charge on any atom is -0.511 e. The highest BCUT2D eigenvalue weighted by Gasteiger charge is 2.63. The molecule has 0 heterocycles. The number of fused-ring (bicyclic) bond motifs is 6. The van der Waals surface area contributed by atoms with Crippen LogP contribution in [0.1, 0.15) is 89.2 Å². The number of phenols is 2. The third-order valence-electron chi connectivity index (χ3n) is 14.2. The highest BCUT2D eigenvalue weighted by molar-refractivity contribution is 6.24. The zero-order valence-corrected chi connectivity index (χ0v) is 35.4. The first-order valence-corrected chi connectivity index (χ1v) is 21.2. The van der Waals surface area contributed by atoms with Gasteiger partial charge in [0.05, 0.1) is 17.2 Å². The fraction of sp³-hybridized carbons (Fsp3) is 0.417. The van der Waals surface area contributed by atoms with Gasteiger partial charge < -0.3 is 62.5 Å². The zero-order chi connectivity index (χ0) is 47.2. The summed E-state index contributed by atoms with van der Waals surface area (Å²) >= 11 is 0. The first kappa shape index (κ1) is 45.0. The Balaban J connectivity index is 0.966. The molecule has 0 aliphatic heterocycles. The van der Waals surface area contributed by atoms with Crippen molar-refractivity contribution in [2.24, 2.45) is 35.1 Å². The summed E-state index contributed by atoms with van der Waals surface area (Å²) in [7, 11) is 3.20. The van der Waals surface area contributed by atoms with Crippen LogP contribution in [-0.4, -0.2) is 117 Å². The highest BCUT2D eigenvalue weighted by Crippen LogP contribution is 2.57. The van der Waals surface area contributed by atoms with Crippen LogP contribution in [0.15, 0.2) is 69.6 Å². The lowest BCUT2D eigenvalue weighted by molar-refractivity contribution is -0.146. The fourth-order valence-corrected chi connectivity index (χ4v) is 11.2. The molecule has 0 spiro atoms. The molecule has 14 N–H and O–H groups in total. The topological polar surface area (TPSA) is 326 Å². The molecule has 0 aromatic heterocycles. The number of rotatable bonds is 6. The van der Waals surface area contributed by atoms with Crippen molar-refractivity contribution in [3.8, 4) is 35.2 Å². The van der Waals surface area contributed by atoms with E-state index in [1.54, 1.807) is 31.1 Å². The zero-order valence-electron chi connectivity index (χ0n) is 35.4. The van der Waals surface area contributed by atoms with Crippen LogP contribution in [0, 0.1) is 47.4 Å². The number of aromatic hydroxyl groups is 2. The molecule has 0 fully saturated rings. The number of Topliss-reactive ketones (excluding diaryl/α,β-unsaturated/α-hetero) is 2. The molecule has 17 heteroatoms. The number of benzene rings is 2. The fourth-order valence-electron chi connectivity index (χ4n) is 11.2. The number of aliphatic hydroxyl groups is 8. The SMILES string of the molecule is CN(C)[C@@H]1C(O)=C(C(N)=O)C(O)[C@@]2(O)C(O)=C3C(O)c4c(O)ccc(C#CCCCCC#Cc5ccc(O)c6c5C[C@H]5C[C@H]7CC(O)=C(C(N)=O)C(=O)[C@@]7(O)C(O)=C5C6=O)c4C[C@H]3C[C@@H]12. The van der Waals surface area contributed by atoms with Crippen LogP contribution < -0.4 is 11.5 Å². The van der Waals surface area contributed by atoms with Crippen LogP contribution in [-0.2, 0) is 27.2 Å². The maximum Gasteiger partial charge on any atom is 0.255 e. The summed E-state index contributed by atoms with van der Waals surface area (Å²) in [5.41, 5.74) is 5.77. The van der Waals surface area contributed by atoms with Gasteiger partial charge in [-0.25, -0.2) is 0 Å². The van der Waals surface area contributed by atoms with Crippen LogP contribution >= 0.6 is 0 Å². The van der Waals surface area contributed by atoms with Gasteiger partial charge in [-0.1, -0.05) is 23.7 Å². The van der Waals surface area contributed by atoms with E-state index in [0.29, 0.717) is 47.9 Å². The van der Waals surface area contributed by atoms with Crippen LogP contribution in [0.5, 0.6) is 11.5 Å². The van der Waals surface area contributed by atoms with E-state index in [1.807, 2.05) is 0 Å². The quantitative estimate of drug-likeness (QED) is 0.111. The Morgan fingerprint density at radius 2 is 1.38 bits per heavy atom. The molecule has 0 saturated heterocycles. The summed E-state index contributed by atoms with van der Waals surface area (Å²) in [6, 6.07) is 4.84. The summed E-state index contributed by atoms with van der Waals surface area (Å²) in [5.74, 6) is 1.06. The second-order valence-electron chi connectivity index (χ2n) is 18.0. The molecule has 340 valence electrons. The van der Waals surface area contributed by atoms with Crippen molar-refractivity contribution in [3.63, 3.8) is 0 Å². The van der Waals surface area contributed by atoms with E-state index in [9.17, 15) is 70.2 Å². The maximum absolute atomic E-state index is 13.9. The molecule has 17 nitrogen and oxygen atoms in total. The summed E-state index contributed by atoms with van der Waals surface area (Å²) < 4.78 is 0. The lowest BCUT2D eigenvalue weighted by Crippen LogP contribution is -2.65. The Hall–Kier alpha value is -6.60. The molecule has 2 aromatic rings. The number of carbonyl (C=O) groups is 4. The van der Waals surface area contributed by atoms with E-state index in [-0.39, 0.29) is 65.9 Å². The summed E-state index contributed by atoms with van der Waals surface area (Å²) in [4.78, 5) is 52.9. The van der Waals surface area contributed by atoms with Gasteiger partial charge in [0.25, 0.3) is 11.8 Å². The van der Waals surface area contributed by atoms with Gasteiger partial charge in [-0.05, 0) is 99.8 Å². The third-order valence-corrected chi connectivity index (χ3v) is 14.2. The average molecular weight is 892 g/mol. The monoisotopic (exact) mass is 891 g/mol. The summed E-state index contributed by atoms with van der Waals surface area (Å²) in [5, 5.41) is 112. The van der Waals surface area contributed by atoms with E-state index in [2.05, 4.69) is 23.7 Å². The number of hydrogen-bond acceptors (Lipinski definition) is 15. The number of phenolic OH excluding ortho intramolecular Hbond substituents is 2. The summed E-state index contributed by atoms with van der Waals surface area (Å²) in [6.45, 7) is 0. The van der Waals surface area contributed by atoms with Crippen LogP contribution in [0.3, 0.4) is 0 Å². The number of amides is 2. The van der Waals surface area contributed by atoms with Gasteiger partial charge in [0.1, 0.15) is 52.3 Å². The number of likely N-dealkylation sites (N-methyl/N-ethyl adjacent to an activating group) is 1. The predicted octanol–water partition coefficient (Wildman–Crippen LogP) is 1.62. The van der Waals surface area contributed by atoms with Crippen molar-refractivity contribution in [1.82, 2.24) is 4.90 Å². The number of unbranched alkanes of at least 4 members (excludes halogenated alkanes) is 3. The molecule has 6 aliphatic carbocycles. The van der Waals surface area contributed by atoms with Crippen LogP contribution in [0.25, 0.3) is 0 Å². The lowest BCUT2D eigenvalue weighted by Gasteiger charge is -2.54. The predicted molar refractivity (Wildman–Crippen MR) is 228 cm³/mol. The van der Waals surface area contributed by atoms with Crippen molar-refractivity contribution in [3.05, 3.63) is 103 Å². The van der Waals surface area contributed by atoms with E-state index in [1.165, 1.54) is 12.1 Å². The number of aliphatic hydroxyl groups excluding tert-OH is 6. The van der Waals surface area contributed by atoms with E-state index >= 15 is 0 Å². The van der Waals surface area contributed by atoms with Gasteiger partial charge in [-0.15, -0.1) is 0 Å². The molecule has 2 unspecified atom stereocenters. The number of nitrogens with zero attached hydrogens (tertiary/aromatic N) is 1. The normalized spacial score (nSPS) is 30.2. The smallest absolute Gasteiger partial charge is 0.255 e. The van der Waals surface area contributed by atoms with Crippen LogP contribution in [0.4, 0.5) is 0 Å². The Morgan fingerprint density at radius 3 is 1.98 bits per heavy atom. The largest absolute Gasteiger partial charge is 0.511 e. The minimum atomic E-state index is -2.65. The van der Waals surface area contributed by atoms with E-state index < -0.39 is 111 Å². The van der Waals surface area contributed by atoms with Crippen molar-refractivity contribution >= 4 is 23.4 Å². The highest BCUT2D eigenvalue weighted by atomic mass is 16.4. The number of primary amides is 2. The Bertz CT molecular complexity index is 2760. The van der Waals surface area contributed by atoms with E-state index in [0.717, 1.165) is 0 Å². The van der Waals surface area contributed by atoms with Gasteiger partial charge in [-0.2, -0.15) is 0 Å². The molecule has 6 aliphatic rings. The van der Waals surface area contributed by atoms with Gasteiger partial charge in [0.2, 0.25) is 5.78 Å². The number of ketones is 2. The third kappa shape index (κ3) is 6.68. The lowest BCUT2D eigenvalue weighted by atomic mass is 9.57. The molecule has 8 rings (SSSR count). The first-order chi connectivity index (χ1) is 30.7. The molecule has 2 amide bonds. The van der Waals surface area contributed by atoms with Crippen molar-refractivity contribution in [2.75, 3.05) is 14.1 Å². The summed E-state index contributed by atoms with van der Waals surface area (Å²) in [6.07, 6.45) is -1.51. The standard InChI is InChI=1S/C48H49N3O14/c1-51(2)37-27-18-23-17-26-21(12-14-29(53)34(26)39(56)32(23)42(59)48(27,65)44(61)36(40(37)57)46(50)63)10-8-6-4-3-5-7-9-20-11-13-28(52)33-25(20)16-22-15-24-19-30(54)35(45(49)62)43(60)47(24,64)41(58)31(22)38(33)55/h11-14,22-24,27,37,39,44,52-54,56-59,61,64-65H,3-6,15-19H2,1-2H3,(H2,49,62)(H2,50,63)/t22-,23+,24+,27+,37+,39?,44?,47+,48+/m1/s1. The van der Waals surface area contributed by atoms with Gasteiger partial charge in [0, 0.05) is 58.9 Å². The molecule has 0 radical (unpaired) electrons. The average Bonchev–Trinajstić information content (AvgIpc) is 3.22. The number of carbonyl (C=O) groups excluding carboxylic acids is 4. The minimum absolute atomic E-state index is 0.00113. The van der Waals surface area contributed by atoms with Crippen molar-refractivity contribution in [2.45, 2.75) is 87.2 Å². The van der Waals surface area contributed by atoms with E-state index in [4.69, 9.17) is 11.5 Å². The molecule has 65 heavy (non-hydrogen) atoms. The molecular formula is C48H49N3O14. The number of nitrogens with two attached hydrogens (primary N) is 2. The molecule has 9 atom stereocenters. The Morgan fingerprint density at radius 1 is 0.785 bits per heavy atom. The van der Waals surface area contributed by atoms with Gasteiger partial charge in [0.15, 0.2) is 17.0 Å². The van der Waals surface area contributed by atoms with Gasteiger partial charge >= 0.3 is 0 Å². The number of hydrogen-bond donors (Lipinski definition) is 12. The second-order valence-corrected chi connectivity index (χ2v) is 18.0. The van der Waals surface area contributed by atoms with Crippen molar-refractivity contribution in [1.29, 1.82) is 0 Å². The second kappa shape index (κ2) is 16.1. The maximum atomic E-state index is 13.9.